The Kier molecular flexibility index (Phi) is 3.60. The molecule has 0 aromatic heterocycles. The fraction of sp³-hybridized carbons (Fsp3) is 0.333. The summed E-state index contributed by atoms with van der Waals surface area (Å²) in [5.74, 6) is 1.02. The number of guanidine groups is 1. The number of nitrogens with zero attached hydrogens (tertiary/aromatic N) is 3. The number of carbonyl (C=O) groups is 1. The van der Waals surface area contributed by atoms with E-state index in [0.29, 0.717) is 18.7 Å². The fourth-order valence-electron chi connectivity index (χ4n) is 4.29. The number of nitrogens with one attached hydrogen (secondary N) is 2. The molecule has 27 heavy (non-hydrogen) atoms. The van der Waals surface area contributed by atoms with E-state index >= 15 is 0 Å². The maximum atomic E-state index is 12.4. The summed E-state index contributed by atoms with van der Waals surface area (Å²) < 4.78 is 0. The number of fused-ring (bicyclic) bond motifs is 1. The molecule has 2 N–H and O–H groups in total. The number of rotatable bonds is 2. The van der Waals surface area contributed by atoms with E-state index in [9.17, 15) is 4.79 Å². The molecule has 0 bridgehead atoms. The number of benzene rings is 2. The van der Waals surface area contributed by atoms with Crippen LogP contribution in [0.3, 0.4) is 0 Å². The molecular formula is C21H23N5O. The van der Waals surface area contributed by atoms with Gasteiger partial charge < -0.3 is 20.4 Å². The molecule has 3 heterocycles. The minimum atomic E-state index is -0.397. The normalized spacial score (nSPS) is 22.6. The van der Waals surface area contributed by atoms with Gasteiger partial charge in [-0.1, -0.05) is 42.5 Å². The zero-order valence-electron chi connectivity index (χ0n) is 15.4. The molecule has 138 valence electrons. The number of anilines is 1. The van der Waals surface area contributed by atoms with E-state index in [1.54, 1.807) is 0 Å². The van der Waals surface area contributed by atoms with Gasteiger partial charge in [-0.05, 0) is 24.1 Å². The van der Waals surface area contributed by atoms with Gasteiger partial charge in [0.05, 0.1) is 24.7 Å². The van der Waals surface area contributed by atoms with Crippen LogP contribution in [0.15, 0.2) is 59.6 Å². The molecule has 1 saturated heterocycles. The summed E-state index contributed by atoms with van der Waals surface area (Å²) in [5.41, 5.74) is 2.54. The Balaban J connectivity index is 1.28. The van der Waals surface area contributed by atoms with Crippen LogP contribution in [-0.4, -0.2) is 60.1 Å². The van der Waals surface area contributed by atoms with Gasteiger partial charge in [0.2, 0.25) is 0 Å². The minimum Gasteiger partial charge on any atom is -0.359 e. The molecule has 5 rings (SSSR count). The van der Waals surface area contributed by atoms with E-state index in [4.69, 9.17) is 4.99 Å². The van der Waals surface area contributed by atoms with E-state index in [2.05, 4.69) is 51.7 Å². The molecule has 1 unspecified atom stereocenters. The van der Waals surface area contributed by atoms with E-state index in [1.165, 1.54) is 5.56 Å². The molecule has 3 aliphatic rings. The number of hydrogen-bond donors (Lipinski definition) is 2. The standard InChI is InChI=1S/C21H23N5O/c1-25-12-16(11-15-7-3-2-4-8-15)22-20(25)26-13-21(14-26)23-18-10-6-5-9-17(18)19(27)24-21/h2-10,16,23H,11-14H2,1H3,(H,24,27). The van der Waals surface area contributed by atoms with Gasteiger partial charge in [-0.2, -0.15) is 0 Å². The highest BCUT2D eigenvalue weighted by Crippen LogP contribution is 2.32. The molecule has 6 heteroatoms. The van der Waals surface area contributed by atoms with Crippen LogP contribution in [0.4, 0.5) is 5.69 Å². The van der Waals surface area contributed by atoms with Crippen molar-refractivity contribution in [2.45, 2.75) is 18.1 Å². The Labute approximate surface area is 158 Å². The Bertz CT molecular complexity index is 904. The number of carbonyl (C=O) groups excluding carboxylic acids is 1. The number of aliphatic imine (C=N–C) groups is 1. The van der Waals surface area contributed by atoms with Crippen LogP contribution in [0.2, 0.25) is 0 Å². The molecule has 1 spiro atoms. The minimum absolute atomic E-state index is 0.00679. The second-order valence-corrected chi connectivity index (χ2v) is 7.72. The zero-order chi connectivity index (χ0) is 18.4. The van der Waals surface area contributed by atoms with Crippen molar-refractivity contribution >= 4 is 17.6 Å². The van der Waals surface area contributed by atoms with Crippen LogP contribution in [-0.2, 0) is 6.42 Å². The first-order chi connectivity index (χ1) is 13.1. The van der Waals surface area contributed by atoms with E-state index < -0.39 is 5.66 Å². The number of para-hydroxylation sites is 1. The monoisotopic (exact) mass is 361 g/mol. The molecule has 2 aromatic carbocycles. The Morgan fingerprint density at radius 2 is 1.81 bits per heavy atom. The van der Waals surface area contributed by atoms with E-state index in [-0.39, 0.29) is 11.9 Å². The van der Waals surface area contributed by atoms with Gasteiger partial charge in [-0.15, -0.1) is 0 Å². The largest absolute Gasteiger partial charge is 0.359 e. The summed E-state index contributed by atoms with van der Waals surface area (Å²) in [6, 6.07) is 18.5. The lowest BCUT2D eigenvalue weighted by atomic mass is 9.95. The molecule has 0 saturated carbocycles. The average Bonchev–Trinajstić information content (AvgIpc) is 3.00. The molecule has 3 aliphatic heterocycles. The van der Waals surface area contributed by atoms with Crippen molar-refractivity contribution in [3.05, 3.63) is 65.7 Å². The first-order valence-electron chi connectivity index (χ1n) is 9.39. The molecule has 0 aliphatic carbocycles. The number of hydrogen-bond acceptors (Lipinski definition) is 5. The second kappa shape index (κ2) is 6.01. The summed E-state index contributed by atoms with van der Waals surface area (Å²) in [5, 5.41) is 6.65. The van der Waals surface area contributed by atoms with Crippen molar-refractivity contribution in [3.8, 4) is 0 Å². The topological polar surface area (TPSA) is 60.0 Å². The quantitative estimate of drug-likeness (QED) is 0.856. The molecule has 2 aromatic rings. The summed E-state index contributed by atoms with van der Waals surface area (Å²) in [6.45, 7) is 2.36. The van der Waals surface area contributed by atoms with Crippen LogP contribution in [0.1, 0.15) is 15.9 Å². The van der Waals surface area contributed by atoms with Gasteiger partial charge in [0.25, 0.3) is 5.91 Å². The third-order valence-electron chi connectivity index (χ3n) is 5.54. The maximum absolute atomic E-state index is 12.4. The predicted octanol–water partition coefficient (Wildman–Crippen LogP) is 1.77. The van der Waals surface area contributed by atoms with Crippen molar-refractivity contribution in [2.75, 3.05) is 32.0 Å². The van der Waals surface area contributed by atoms with Crippen molar-refractivity contribution < 1.29 is 4.79 Å². The van der Waals surface area contributed by atoms with Crippen molar-refractivity contribution in [1.82, 2.24) is 15.1 Å². The Morgan fingerprint density at radius 3 is 2.63 bits per heavy atom. The second-order valence-electron chi connectivity index (χ2n) is 7.72. The maximum Gasteiger partial charge on any atom is 0.255 e. The van der Waals surface area contributed by atoms with Crippen LogP contribution in [0.5, 0.6) is 0 Å². The fourth-order valence-corrected chi connectivity index (χ4v) is 4.29. The number of likely N-dealkylation sites (N-methyl/N-ethyl adjacent to an activating group) is 1. The summed E-state index contributed by atoms with van der Waals surface area (Å²) in [4.78, 5) is 21.9. The van der Waals surface area contributed by atoms with E-state index in [1.807, 2.05) is 30.3 Å². The first-order valence-corrected chi connectivity index (χ1v) is 9.39. The SMILES string of the molecule is CN1CC(Cc2ccccc2)N=C1N1CC2(C1)NC(=O)c1ccccc1N2. The molecule has 6 nitrogen and oxygen atoms in total. The zero-order valence-corrected chi connectivity index (χ0v) is 15.4. The molecule has 1 amide bonds. The average molecular weight is 361 g/mol. The highest BCUT2D eigenvalue weighted by Gasteiger charge is 2.49. The highest BCUT2D eigenvalue weighted by atomic mass is 16.2. The molecular weight excluding hydrogens is 338 g/mol. The van der Waals surface area contributed by atoms with Crippen LogP contribution >= 0.6 is 0 Å². The lowest BCUT2D eigenvalue weighted by molar-refractivity contribution is 0.0727. The molecule has 0 radical (unpaired) electrons. The third kappa shape index (κ3) is 2.81. The number of amides is 1. The first kappa shape index (κ1) is 16.2. The predicted molar refractivity (Wildman–Crippen MR) is 106 cm³/mol. The van der Waals surface area contributed by atoms with Gasteiger partial charge >= 0.3 is 0 Å². The van der Waals surface area contributed by atoms with Crippen molar-refractivity contribution in [2.24, 2.45) is 4.99 Å². The molecule has 1 fully saturated rings. The summed E-state index contributed by atoms with van der Waals surface area (Å²) >= 11 is 0. The van der Waals surface area contributed by atoms with Gasteiger partial charge in [-0.3, -0.25) is 4.79 Å². The summed E-state index contributed by atoms with van der Waals surface area (Å²) in [7, 11) is 2.09. The molecule has 1 atom stereocenters. The summed E-state index contributed by atoms with van der Waals surface area (Å²) in [6.07, 6.45) is 0.954. The van der Waals surface area contributed by atoms with Crippen LogP contribution in [0, 0.1) is 0 Å². The lowest BCUT2D eigenvalue weighted by Crippen LogP contribution is -2.77. The number of likely N-dealkylation sites (tertiary alicyclic amines) is 1. The Morgan fingerprint density at radius 1 is 1.07 bits per heavy atom. The van der Waals surface area contributed by atoms with Crippen molar-refractivity contribution in [3.63, 3.8) is 0 Å². The lowest BCUT2D eigenvalue weighted by Gasteiger charge is -2.54. The third-order valence-corrected chi connectivity index (χ3v) is 5.54. The van der Waals surface area contributed by atoms with Gasteiger partial charge in [0.1, 0.15) is 5.66 Å². The van der Waals surface area contributed by atoms with Crippen LogP contribution < -0.4 is 10.6 Å². The van der Waals surface area contributed by atoms with Gasteiger partial charge in [0.15, 0.2) is 5.96 Å². The van der Waals surface area contributed by atoms with Gasteiger partial charge in [0, 0.05) is 19.3 Å². The smallest absolute Gasteiger partial charge is 0.255 e. The van der Waals surface area contributed by atoms with Gasteiger partial charge in [-0.25, -0.2) is 4.99 Å². The van der Waals surface area contributed by atoms with E-state index in [0.717, 1.165) is 24.6 Å². The highest BCUT2D eigenvalue weighted by molar-refractivity contribution is 6.02. The van der Waals surface area contributed by atoms with Crippen molar-refractivity contribution in [1.29, 1.82) is 0 Å². The Hall–Kier alpha value is -3.02. The van der Waals surface area contributed by atoms with Crippen LogP contribution in [0.25, 0.3) is 0 Å².